The van der Waals surface area contributed by atoms with Crippen molar-refractivity contribution in [2.24, 2.45) is 7.05 Å². The fourth-order valence-corrected chi connectivity index (χ4v) is 1.72. The van der Waals surface area contributed by atoms with E-state index in [0.717, 1.165) is 24.4 Å². The van der Waals surface area contributed by atoms with E-state index in [2.05, 4.69) is 28.4 Å². The van der Waals surface area contributed by atoms with Crippen LogP contribution in [0.4, 0.5) is 0 Å². The second-order valence-electron chi connectivity index (χ2n) is 4.29. The molecule has 0 unspecified atom stereocenters. The predicted octanol–water partition coefficient (Wildman–Crippen LogP) is 1.38. The number of aromatic nitrogens is 3. The van der Waals surface area contributed by atoms with Gasteiger partial charge in [0.25, 0.3) is 0 Å². The van der Waals surface area contributed by atoms with Gasteiger partial charge in [0, 0.05) is 19.2 Å². The highest BCUT2D eigenvalue weighted by Gasteiger charge is 2.03. The van der Waals surface area contributed by atoms with Crippen LogP contribution >= 0.6 is 0 Å². The van der Waals surface area contributed by atoms with Gasteiger partial charge in [0.05, 0.1) is 0 Å². The Morgan fingerprint density at radius 3 is 2.75 bits per heavy atom. The van der Waals surface area contributed by atoms with E-state index in [1.807, 2.05) is 18.2 Å². The predicted molar refractivity (Wildman–Crippen MR) is 75.8 cm³/mol. The van der Waals surface area contributed by atoms with Gasteiger partial charge < -0.3 is 14.8 Å². The lowest BCUT2D eigenvalue weighted by Crippen LogP contribution is -2.14. The number of hydrogen-bond acceptors (Lipinski definition) is 5. The minimum absolute atomic E-state index is 0.372. The smallest absolute Gasteiger partial charge is 0.335 e. The van der Waals surface area contributed by atoms with E-state index >= 15 is 0 Å². The summed E-state index contributed by atoms with van der Waals surface area (Å²) in [6, 6.07) is 8.36. The van der Waals surface area contributed by atoms with Crippen LogP contribution in [0.2, 0.25) is 0 Å². The quantitative estimate of drug-likeness (QED) is 0.738. The maximum atomic E-state index is 5.74. The molecule has 0 saturated carbocycles. The summed E-state index contributed by atoms with van der Waals surface area (Å²) in [4.78, 5) is 3.98. The van der Waals surface area contributed by atoms with Crippen LogP contribution in [0.1, 0.15) is 12.5 Å². The number of rotatable bonds is 8. The summed E-state index contributed by atoms with van der Waals surface area (Å²) in [5, 5.41) is 7.32. The average molecular weight is 276 g/mol. The number of nitrogens with zero attached hydrogens (tertiary/aromatic N) is 3. The van der Waals surface area contributed by atoms with Gasteiger partial charge in [-0.25, -0.2) is 0 Å². The van der Waals surface area contributed by atoms with Crippen LogP contribution in [-0.2, 0) is 13.6 Å². The third kappa shape index (κ3) is 4.24. The van der Waals surface area contributed by atoms with E-state index < -0.39 is 0 Å². The van der Waals surface area contributed by atoms with E-state index in [1.54, 1.807) is 18.1 Å². The summed E-state index contributed by atoms with van der Waals surface area (Å²) < 4.78 is 12.7. The standard InChI is InChI=1S/C14H20N4O2/c1-3-15-10-12-6-4-5-7-13(12)19-8-9-20-14-16-11-18(2)17-14/h4-7,11,15H,3,8-10H2,1-2H3. The number of benzene rings is 1. The first kappa shape index (κ1) is 14.3. The molecule has 0 amide bonds. The lowest BCUT2D eigenvalue weighted by Gasteiger charge is -2.11. The molecule has 0 spiro atoms. The van der Waals surface area contributed by atoms with Gasteiger partial charge in [0.15, 0.2) is 0 Å². The Bertz CT molecular complexity index is 527. The largest absolute Gasteiger partial charge is 0.490 e. The molecule has 0 bridgehead atoms. The van der Waals surface area contributed by atoms with Crippen molar-refractivity contribution < 1.29 is 9.47 Å². The maximum Gasteiger partial charge on any atom is 0.335 e. The number of ether oxygens (including phenoxy) is 2. The lowest BCUT2D eigenvalue weighted by atomic mass is 10.2. The maximum absolute atomic E-state index is 5.74. The Morgan fingerprint density at radius 1 is 1.20 bits per heavy atom. The molecule has 0 aliphatic rings. The second-order valence-corrected chi connectivity index (χ2v) is 4.29. The zero-order chi connectivity index (χ0) is 14.2. The second kappa shape index (κ2) is 7.49. The van der Waals surface area contributed by atoms with Crippen LogP contribution in [0.25, 0.3) is 0 Å². The monoisotopic (exact) mass is 276 g/mol. The number of para-hydroxylation sites is 1. The van der Waals surface area contributed by atoms with Gasteiger partial charge in [-0.15, -0.1) is 5.10 Å². The molecule has 108 valence electrons. The Labute approximate surface area is 118 Å². The van der Waals surface area contributed by atoms with Crippen LogP contribution < -0.4 is 14.8 Å². The summed E-state index contributed by atoms with van der Waals surface area (Å²) in [6.07, 6.45) is 1.60. The SMILES string of the molecule is CCNCc1ccccc1OCCOc1ncn(C)n1. The molecule has 6 nitrogen and oxygen atoms in total. The highest BCUT2D eigenvalue weighted by atomic mass is 16.5. The van der Waals surface area contributed by atoms with E-state index in [0.29, 0.717) is 19.2 Å². The van der Waals surface area contributed by atoms with E-state index in [-0.39, 0.29) is 0 Å². The summed E-state index contributed by atoms with van der Waals surface area (Å²) in [6.45, 7) is 4.69. The van der Waals surface area contributed by atoms with Crippen LogP contribution in [0, 0.1) is 0 Å². The van der Waals surface area contributed by atoms with E-state index in [4.69, 9.17) is 9.47 Å². The zero-order valence-corrected chi connectivity index (χ0v) is 11.9. The topological polar surface area (TPSA) is 61.2 Å². The van der Waals surface area contributed by atoms with Crippen LogP contribution in [0.3, 0.4) is 0 Å². The van der Waals surface area contributed by atoms with Gasteiger partial charge in [-0.3, -0.25) is 4.68 Å². The van der Waals surface area contributed by atoms with E-state index in [9.17, 15) is 0 Å². The molecule has 2 aromatic rings. The van der Waals surface area contributed by atoms with Crippen LogP contribution in [-0.4, -0.2) is 34.5 Å². The fraction of sp³-hybridized carbons (Fsp3) is 0.429. The molecule has 0 saturated heterocycles. The summed E-state index contributed by atoms with van der Waals surface area (Å²) in [5.74, 6) is 0.881. The molecule has 2 rings (SSSR count). The Morgan fingerprint density at radius 2 is 2.00 bits per heavy atom. The summed E-state index contributed by atoms with van der Waals surface area (Å²) >= 11 is 0. The van der Waals surface area contributed by atoms with Gasteiger partial charge in [-0.05, 0) is 12.6 Å². The molecule has 6 heteroatoms. The molecule has 0 fully saturated rings. The normalized spacial score (nSPS) is 10.5. The molecule has 0 aliphatic carbocycles. The third-order valence-corrected chi connectivity index (χ3v) is 2.69. The Hall–Kier alpha value is -2.08. The van der Waals surface area contributed by atoms with E-state index in [1.165, 1.54) is 0 Å². The molecule has 1 aromatic carbocycles. The Balaban J connectivity index is 1.78. The van der Waals surface area contributed by atoms with Crippen molar-refractivity contribution in [2.45, 2.75) is 13.5 Å². The van der Waals surface area contributed by atoms with Gasteiger partial charge in [-0.2, -0.15) is 4.98 Å². The van der Waals surface area contributed by atoms with Crippen molar-refractivity contribution >= 4 is 0 Å². The first-order valence-corrected chi connectivity index (χ1v) is 6.69. The Kier molecular flexibility index (Phi) is 5.37. The molecule has 0 radical (unpaired) electrons. The lowest BCUT2D eigenvalue weighted by molar-refractivity contribution is 0.204. The molecule has 1 aromatic heterocycles. The minimum atomic E-state index is 0.372. The van der Waals surface area contributed by atoms with Crippen molar-refractivity contribution in [3.63, 3.8) is 0 Å². The number of hydrogen-bond donors (Lipinski definition) is 1. The average Bonchev–Trinajstić information content (AvgIpc) is 2.88. The first-order chi connectivity index (χ1) is 9.79. The van der Waals surface area contributed by atoms with Crippen molar-refractivity contribution in [3.8, 4) is 11.8 Å². The molecule has 1 heterocycles. The van der Waals surface area contributed by atoms with Gasteiger partial charge in [0.1, 0.15) is 25.3 Å². The van der Waals surface area contributed by atoms with Gasteiger partial charge in [-0.1, -0.05) is 25.1 Å². The number of aryl methyl sites for hydroxylation is 1. The summed E-state index contributed by atoms with van der Waals surface area (Å²) in [7, 11) is 1.80. The van der Waals surface area contributed by atoms with Crippen molar-refractivity contribution in [1.29, 1.82) is 0 Å². The molecular formula is C14H20N4O2. The van der Waals surface area contributed by atoms with Crippen LogP contribution in [0.15, 0.2) is 30.6 Å². The van der Waals surface area contributed by atoms with Gasteiger partial charge in [0.2, 0.25) is 0 Å². The highest BCUT2D eigenvalue weighted by molar-refractivity contribution is 5.33. The highest BCUT2D eigenvalue weighted by Crippen LogP contribution is 2.17. The minimum Gasteiger partial charge on any atom is -0.490 e. The molecule has 0 aliphatic heterocycles. The third-order valence-electron chi connectivity index (χ3n) is 2.69. The van der Waals surface area contributed by atoms with Crippen LogP contribution in [0.5, 0.6) is 11.8 Å². The number of nitrogens with one attached hydrogen (secondary N) is 1. The summed E-state index contributed by atoms with van der Waals surface area (Å²) in [5.41, 5.74) is 1.14. The zero-order valence-electron chi connectivity index (χ0n) is 11.9. The molecular weight excluding hydrogens is 256 g/mol. The van der Waals surface area contributed by atoms with Crippen molar-refractivity contribution in [1.82, 2.24) is 20.1 Å². The molecule has 1 N–H and O–H groups in total. The molecule has 0 atom stereocenters. The van der Waals surface area contributed by atoms with Crippen molar-refractivity contribution in [2.75, 3.05) is 19.8 Å². The fourth-order valence-electron chi connectivity index (χ4n) is 1.72. The first-order valence-electron chi connectivity index (χ1n) is 6.69. The molecule has 20 heavy (non-hydrogen) atoms. The van der Waals surface area contributed by atoms with Crippen molar-refractivity contribution in [3.05, 3.63) is 36.2 Å². The van der Waals surface area contributed by atoms with Gasteiger partial charge >= 0.3 is 6.01 Å².